The van der Waals surface area contributed by atoms with Crippen molar-refractivity contribution in [3.8, 4) is 0 Å². The lowest BCUT2D eigenvalue weighted by Gasteiger charge is -2.40. The van der Waals surface area contributed by atoms with Crippen LogP contribution in [-0.4, -0.2) is 26.5 Å². The number of rotatable bonds is 3. The molecular formula is C14H27NO2S. The molecule has 0 saturated heterocycles. The Labute approximate surface area is 111 Å². The van der Waals surface area contributed by atoms with Crippen LogP contribution >= 0.6 is 0 Å². The Bertz CT molecular complexity index is 366. The van der Waals surface area contributed by atoms with Crippen LogP contribution < -0.4 is 5.73 Å². The van der Waals surface area contributed by atoms with Gasteiger partial charge in [0, 0.05) is 6.26 Å². The minimum Gasteiger partial charge on any atom is -0.330 e. The molecule has 3 nitrogen and oxygen atoms in total. The first-order valence-corrected chi connectivity index (χ1v) is 9.36. The highest BCUT2D eigenvalue weighted by atomic mass is 32.2. The summed E-state index contributed by atoms with van der Waals surface area (Å²) < 4.78 is 23.5. The van der Waals surface area contributed by atoms with Gasteiger partial charge >= 0.3 is 0 Å². The second-order valence-corrected chi connectivity index (χ2v) is 8.65. The molecule has 4 atom stereocenters. The van der Waals surface area contributed by atoms with Gasteiger partial charge in [-0.15, -0.1) is 0 Å². The average molecular weight is 273 g/mol. The van der Waals surface area contributed by atoms with E-state index in [1.807, 2.05) is 0 Å². The fourth-order valence-corrected chi connectivity index (χ4v) is 5.30. The molecule has 106 valence electrons. The summed E-state index contributed by atoms with van der Waals surface area (Å²) in [4.78, 5) is 0. The fraction of sp³-hybridized carbons (Fsp3) is 1.00. The van der Waals surface area contributed by atoms with Gasteiger partial charge in [-0.25, -0.2) is 8.42 Å². The Morgan fingerprint density at radius 2 is 1.78 bits per heavy atom. The van der Waals surface area contributed by atoms with E-state index in [2.05, 4.69) is 0 Å². The molecule has 2 fully saturated rings. The molecule has 0 aromatic carbocycles. The molecule has 2 N–H and O–H groups in total. The van der Waals surface area contributed by atoms with Crippen molar-refractivity contribution in [3.05, 3.63) is 0 Å². The minimum absolute atomic E-state index is 0.0865. The van der Waals surface area contributed by atoms with Crippen molar-refractivity contribution in [2.75, 3.05) is 12.8 Å². The third-order valence-electron chi connectivity index (χ3n) is 5.15. The van der Waals surface area contributed by atoms with Crippen LogP contribution in [0.2, 0.25) is 0 Å². The number of hydrogen-bond acceptors (Lipinski definition) is 3. The van der Waals surface area contributed by atoms with E-state index >= 15 is 0 Å². The summed E-state index contributed by atoms with van der Waals surface area (Å²) in [5.74, 6) is 1.93. The first-order valence-electron chi connectivity index (χ1n) is 7.41. The first-order chi connectivity index (χ1) is 8.52. The van der Waals surface area contributed by atoms with Crippen molar-refractivity contribution < 1.29 is 8.42 Å². The molecule has 0 radical (unpaired) electrons. The summed E-state index contributed by atoms with van der Waals surface area (Å²) in [5.41, 5.74) is 5.90. The van der Waals surface area contributed by atoms with Gasteiger partial charge in [0.2, 0.25) is 0 Å². The van der Waals surface area contributed by atoms with E-state index in [0.717, 1.165) is 25.8 Å². The van der Waals surface area contributed by atoms with Crippen LogP contribution in [0, 0.1) is 17.8 Å². The minimum atomic E-state index is -2.85. The molecule has 2 aliphatic carbocycles. The predicted molar refractivity (Wildman–Crippen MR) is 75.1 cm³/mol. The van der Waals surface area contributed by atoms with Crippen LogP contribution in [0.1, 0.15) is 51.4 Å². The monoisotopic (exact) mass is 273 g/mol. The topological polar surface area (TPSA) is 60.2 Å². The molecule has 0 spiro atoms. The summed E-state index contributed by atoms with van der Waals surface area (Å²) in [6.07, 6.45) is 10.6. The quantitative estimate of drug-likeness (QED) is 0.858. The first kappa shape index (κ1) is 14.3. The Morgan fingerprint density at radius 1 is 1.06 bits per heavy atom. The zero-order valence-corrected chi connectivity index (χ0v) is 12.3. The van der Waals surface area contributed by atoms with Gasteiger partial charge in [-0.3, -0.25) is 0 Å². The van der Waals surface area contributed by atoms with Crippen LogP contribution in [-0.2, 0) is 9.84 Å². The Morgan fingerprint density at radius 3 is 2.44 bits per heavy atom. The lowest BCUT2D eigenvalue weighted by Crippen LogP contribution is -2.37. The van der Waals surface area contributed by atoms with E-state index in [4.69, 9.17) is 5.73 Å². The smallest absolute Gasteiger partial charge is 0.150 e. The zero-order valence-electron chi connectivity index (χ0n) is 11.5. The molecule has 4 heteroatoms. The van der Waals surface area contributed by atoms with E-state index in [9.17, 15) is 8.42 Å². The van der Waals surface area contributed by atoms with Crippen molar-refractivity contribution in [1.82, 2.24) is 0 Å². The molecule has 0 aromatic rings. The summed E-state index contributed by atoms with van der Waals surface area (Å²) >= 11 is 0. The van der Waals surface area contributed by atoms with E-state index in [-0.39, 0.29) is 5.25 Å². The fourth-order valence-electron chi connectivity index (χ4n) is 4.11. The van der Waals surface area contributed by atoms with Crippen molar-refractivity contribution in [1.29, 1.82) is 0 Å². The molecule has 0 aliphatic heterocycles. The summed E-state index contributed by atoms with van der Waals surface area (Å²) in [6.45, 7) is 0.782. The highest BCUT2D eigenvalue weighted by Gasteiger charge is 2.36. The van der Waals surface area contributed by atoms with Crippen LogP contribution in [0.15, 0.2) is 0 Å². The van der Waals surface area contributed by atoms with Crippen molar-refractivity contribution >= 4 is 9.84 Å². The van der Waals surface area contributed by atoms with Gasteiger partial charge in [-0.1, -0.05) is 25.7 Å². The molecule has 0 heterocycles. The van der Waals surface area contributed by atoms with Gasteiger partial charge in [-0.2, -0.15) is 0 Å². The molecule has 2 aliphatic rings. The second kappa shape index (κ2) is 5.91. The lowest BCUT2D eigenvalue weighted by atomic mass is 9.68. The number of sulfone groups is 1. The van der Waals surface area contributed by atoms with Gasteiger partial charge in [0.15, 0.2) is 0 Å². The normalized spacial score (nSPS) is 38.6. The van der Waals surface area contributed by atoms with Crippen LogP contribution in [0.5, 0.6) is 0 Å². The van der Waals surface area contributed by atoms with E-state index in [1.54, 1.807) is 0 Å². The second-order valence-electron chi connectivity index (χ2n) is 6.32. The maximum atomic E-state index is 11.7. The number of nitrogens with two attached hydrogens (primary N) is 1. The summed E-state index contributed by atoms with van der Waals surface area (Å²) in [7, 11) is -2.85. The standard InChI is InChI=1S/C14H27NO2S/c1-18(16,17)13-7-4-6-11(9-13)14-8-3-2-5-12(14)10-15/h11-14H,2-10,15H2,1H3. The zero-order chi connectivity index (χ0) is 13.2. The molecule has 0 bridgehead atoms. The maximum Gasteiger partial charge on any atom is 0.150 e. The van der Waals surface area contributed by atoms with Crippen LogP contribution in [0.25, 0.3) is 0 Å². The van der Waals surface area contributed by atoms with E-state index in [1.165, 1.54) is 38.4 Å². The van der Waals surface area contributed by atoms with Crippen molar-refractivity contribution in [2.24, 2.45) is 23.5 Å². The average Bonchev–Trinajstić information content (AvgIpc) is 2.38. The summed E-state index contributed by atoms with van der Waals surface area (Å²) in [5, 5.41) is -0.0865. The Hall–Kier alpha value is -0.0900. The molecular weight excluding hydrogens is 246 g/mol. The van der Waals surface area contributed by atoms with Crippen molar-refractivity contribution in [2.45, 2.75) is 56.6 Å². The van der Waals surface area contributed by atoms with E-state index < -0.39 is 9.84 Å². The number of hydrogen-bond donors (Lipinski definition) is 1. The van der Waals surface area contributed by atoms with Crippen LogP contribution in [0.4, 0.5) is 0 Å². The highest BCUT2D eigenvalue weighted by Crippen LogP contribution is 2.42. The van der Waals surface area contributed by atoms with Crippen LogP contribution in [0.3, 0.4) is 0 Å². The molecule has 4 unspecified atom stereocenters. The maximum absolute atomic E-state index is 11.7. The third-order valence-corrected chi connectivity index (χ3v) is 6.79. The van der Waals surface area contributed by atoms with Crippen molar-refractivity contribution in [3.63, 3.8) is 0 Å². The van der Waals surface area contributed by atoms with Gasteiger partial charge in [0.25, 0.3) is 0 Å². The molecule has 2 rings (SSSR count). The Balaban J connectivity index is 2.03. The van der Waals surface area contributed by atoms with Gasteiger partial charge in [0.1, 0.15) is 9.84 Å². The highest BCUT2D eigenvalue weighted by molar-refractivity contribution is 7.91. The molecule has 0 amide bonds. The van der Waals surface area contributed by atoms with Gasteiger partial charge in [0.05, 0.1) is 5.25 Å². The lowest BCUT2D eigenvalue weighted by molar-refractivity contribution is 0.134. The predicted octanol–water partition coefficient (Wildman–Crippen LogP) is 2.35. The van der Waals surface area contributed by atoms with E-state index in [0.29, 0.717) is 17.8 Å². The largest absolute Gasteiger partial charge is 0.330 e. The molecule has 2 saturated carbocycles. The Kier molecular flexibility index (Phi) is 4.70. The van der Waals surface area contributed by atoms with Gasteiger partial charge in [-0.05, 0) is 50.0 Å². The SMILES string of the molecule is CS(=O)(=O)C1CCCC(C2CCCCC2CN)C1. The summed E-state index contributed by atoms with van der Waals surface area (Å²) in [6, 6.07) is 0. The van der Waals surface area contributed by atoms with Gasteiger partial charge < -0.3 is 5.73 Å². The third kappa shape index (κ3) is 3.27. The molecule has 18 heavy (non-hydrogen) atoms. The molecule has 0 aromatic heterocycles.